The smallest absolute Gasteiger partial charge is 0.261 e. The average Bonchev–Trinajstić information content (AvgIpc) is 2.91. The third kappa shape index (κ3) is 4.09. The minimum atomic E-state index is -0.719. The van der Waals surface area contributed by atoms with Crippen LogP contribution in [0.4, 0.5) is 11.4 Å². The van der Waals surface area contributed by atoms with E-state index in [-0.39, 0.29) is 11.8 Å². The molecular weight excluding hydrogens is 408 g/mol. The Morgan fingerprint density at radius 3 is 2.28 bits per heavy atom. The minimum Gasteiger partial charge on any atom is -0.497 e. The van der Waals surface area contributed by atoms with E-state index < -0.39 is 6.04 Å². The molecule has 1 aliphatic heterocycles. The fourth-order valence-corrected chi connectivity index (χ4v) is 3.59. The molecule has 32 heavy (non-hydrogen) atoms. The Morgan fingerprint density at radius 2 is 1.62 bits per heavy atom. The van der Waals surface area contributed by atoms with Crippen LogP contribution in [-0.4, -0.2) is 32.1 Å². The summed E-state index contributed by atoms with van der Waals surface area (Å²) in [4.78, 5) is 27.8. The third-order valence-electron chi connectivity index (χ3n) is 5.37. The maximum Gasteiger partial charge on any atom is 0.261 e. The van der Waals surface area contributed by atoms with Crippen molar-refractivity contribution < 1.29 is 23.8 Å². The molecule has 0 radical (unpaired) electrons. The Balaban J connectivity index is 1.70. The van der Waals surface area contributed by atoms with Gasteiger partial charge in [0.25, 0.3) is 5.91 Å². The van der Waals surface area contributed by atoms with Gasteiger partial charge in [0.05, 0.1) is 25.5 Å². The predicted octanol–water partition coefficient (Wildman–Crippen LogP) is 4.27. The van der Waals surface area contributed by atoms with Crippen molar-refractivity contribution in [3.05, 3.63) is 77.9 Å². The number of hydrogen-bond acceptors (Lipinski definition) is 5. The van der Waals surface area contributed by atoms with Gasteiger partial charge < -0.3 is 19.5 Å². The van der Waals surface area contributed by atoms with Crippen LogP contribution in [0.1, 0.15) is 22.8 Å². The topological polar surface area (TPSA) is 77.1 Å². The molecule has 4 rings (SSSR count). The average molecular weight is 432 g/mol. The summed E-state index contributed by atoms with van der Waals surface area (Å²) in [5.41, 5.74) is 2.28. The van der Waals surface area contributed by atoms with Crippen molar-refractivity contribution in [2.75, 3.05) is 24.4 Å². The van der Waals surface area contributed by atoms with E-state index in [9.17, 15) is 9.59 Å². The van der Waals surface area contributed by atoms with E-state index in [1.165, 1.54) is 12.0 Å². The zero-order chi connectivity index (χ0) is 22.7. The first kappa shape index (κ1) is 21.2. The molecule has 0 spiro atoms. The molecule has 1 heterocycles. The lowest BCUT2D eigenvalue weighted by molar-refractivity contribution is -0.117. The highest BCUT2D eigenvalue weighted by Crippen LogP contribution is 2.37. The van der Waals surface area contributed by atoms with Crippen LogP contribution in [0.2, 0.25) is 0 Å². The van der Waals surface area contributed by atoms with Crippen molar-refractivity contribution in [3.63, 3.8) is 0 Å². The molecule has 164 valence electrons. The Kier molecular flexibility index (Phi) is 5.98. The zero-order valence-corrected chi connectivity index (χ0v) is 18.1. The highest BCUT2D eigenvalue weighted by molar-refractivity contribution is 6.18. The summed E-state index contributed by atoms with van der Waals surface area (Å²) in [6.07, 6.45) is 0. The highest BCUT2D eigenvalue weighted by Gasteiger charge is 2.34. The maximum atomic E-state index is 13.5. The Morgan fingerprint density at radius 1 is 0.906 bits per heavy atom. The normalized spacial score (nSPS) is 15.5. The molecule has 0 saturated carbocycles. The Labute approximate surface area is 186 Å². The first-order valence-electron chi connectivity index (χ1n) is 10.2. The van der Waals surface area contributed by atoms with Gasteiger partial charge >= 0.3 is 0 Å². The molecule has 0 bridgehead atoms. The molecule has 0 unspecified atom stereocenters. The Bertz CT molecular complexity index is 1130. The summed E-state index contributed by atoms with van der Waals surface area (Å²) >= 11 is 0. The largest absolute Gasteiger partial charge is 0.497 e. The monoisotopic (exact) mass is 432 g/mol. The number of ether oxygens (including phenoxy) is 3. The van der Waals surface area contributed by atoms with Crippen molar-refractivity contribution in [2.24, 2.45) is 0 Å². The molecule has 7 nitrogen and oxygen atoms in total. The van der Waals surface area contributed by atoms with Gasteiger partial charge in [-0.25, -0.2) is 0 Å². The van der Waals surface area contributed by atoms with Gasteiger partial charge in [-0.1, -0.05) is 30.3 Å². The maximum absolute atomic E-state index is 13.5. The summed E-state index contributed by atoms with van der Waals surface area (Å²) in [5.74, 6) is 0.895. The standard InChI is InChI=1S/C25H24N2O5/c1-16-24(28)26-21-14-23(32-15-17-7-5-4-6-8-17)22(31-3)13-20(21)25(29)27(16)18-9-11-19(30-2)12-10-18/h4-14,16H,15H2,1-3H3,(H,26,28)/t16-/m0/s1. The molecule has 1 aliphatic rings. The lowest BCUT2D eigenvalue weighted by atomic mass is 10.1. The lowest BCUT2D eigenvalue weighted by Gasteiger charge is -2.26. The summed E-state index contributed by atoms with van der Waals surface area (Å²) in [6.45, 7) is 2.01. The molecule has 0 saturated heterocycles. The van der Waals surface area contributed by atoms with Crippen LogP contribution < -0.4 is 24.4 Å². The van der Waals surface area contributed by atoms with E-state index in [2.05, 4.69) is 5.32 Å². The van der Waals surface area contributed by atoms with Gasteiger partial charge in [0.2, 0.25) is 5.91 Å². The molecular formula is C25H24N2O5. The molecule has 0 fully saturated rings. The molecule has 1 atom stereocenters. The van der Waals surface area contributed by atoms with Gasteiger partial charge in [0.1, 0.15) is 18.4 Å². The second-order valence-electron chi connectivity index (χ2n) is 7.36. The quantitative estimate of drug-likeness (QED) is 0.630. The highest BCUT2D eigenvalue weighted by atomic mass is 16.5. The number of carbonyl (C=O) groups excluding carboxylic acids is 2. The van der Waals surface area contributed by atoms with Crippen LogP contribution >= 0.6 is 0 Å². The van der Waals surface area contributed by atoms with Crippen LogP contribution in [0.25, 0.3) is 0 Å². The predicted molar refractivity (Wildman–Crippen MR) is 122 cm³/mol. The number of carbonyl (C=O) groups is 2. The first-order chi connectivity index (χ1) is 15.5. The number of hydrogen-bond donors (Lipinski definition) is 1. The van der Waals surface area contributed by atoms with E-state index in [1.807, 2.05) is 30.3 Å². The molecule has 0 aromatic heterocycles. The fourth-order valence-electron chi connectivity index (χ4n) is 3.59. The van der Waals surface area contributed by atoms with Crippen molar-refractivity contribution in [3.8, 4) is 17.2 Å². The number of anilines is 2. The van der Waals surface area contributed by atoms with E-state index in [0.29, 0.717) is 40.8 Å². The molecule has 1 N–H and O–H groups in total. The lowest BCUT2D eigenvalue weighted by Crippen LogP contribution is -2.43. The summed E-state index contributed by atoms with van der Waals surface area (Å²) in [5, 5.41) is 2.85. The van der Waals surface area contributed by atoms with Gasteiger partial charge in [-0.2, -0.15) is 0 Å². The SMILES string of the molecule is COc1ccc(N2C(=O)c3cc(OC)c(OCc4ccccc4)cc3NC(=O)[C@@H]2C)cc1. The number of methoxy groups -OCH3 is 2. The van der Waals surface area contributed by atoms with Crippen molar-refractivity contribution >= 4 is 23.2 Å². The van der Waals surface area contributed by atoms with Crippen LogP contribution in [0.5, 0.6) is 17.2 Å². The number of rotatable bonds is 6. The van der Waals surface area contributed by atoms with E-state index in [0.717, 1.165) is 5.56 Å². The Hall–Kier alpha value is -4.00. The number of fused-ring (bicyclic) bond motifs is 1. The number of amides is 2. The van der Waals surface area contributed by atoms with Crippen LogP contribution in [0.3, 0.4) is 0 Å². The van der Waals surface area contributed by atoms with Gasteiger partial charge in [-0.3, -0.25) is 14.5 Å². The van der Waals surface area contributed by atoms with Crippen molar-refractivity contribution in [1.29, 1.82) is 0 Å². The molecule has 3 aromatic rings. The van der Waals surface area contributed by atoms with Crippen LogP contribution in [0.15, 0.2) is 66.7 Å². The summed E-state index contributed by atoms with van der Waals surface area (Å²) in [6, 6.07) is 19.2. The van der Waals surface area contributed by atoms with Gasteiger partial charge in [0, 0.05) is 11.8 Å². The second-order valence-corrected chi connectivity index (χ2v) is 7.36. The van der Waals surface area contributed by atoms with E-state index in [4.69, 9.17) is 14.2 Å². The van der Waals surface area contributed by atoms with Crippen molar-refractivity contribution in [1.82, 2.24) is 0 Å². The minimum absolute atomic E-state index is 0.299. The number of nitrogens with one attached hydrogen (secondary N) is 1. The van der Waals surface area contributed by atoms with Gasteiger partial charge in [0.15, 0.2) is 11.5 Å². The fraction of sp³-hybridized carbons (Fsp3) is 0.200. The third-order valence-corrected chi connectivity index (χ3v) is 5.37. The first-order valence-corrected chi connectivity index (χ1v) is 10.2. The molecule has 3 aromatic carbocycles. The van der Waals surface area contributed by atoms with Crippen molar-refractivity contribution in [2.45, 2.75) is 19.6 Å². The molecule has 0 aliphatic carbocycles. The summed E-state index contributed by atoms with van der Waals surface area (Å²) in [7, 11) is 3.09. The van der Waals surface area contributed by atoms with E-state index in [1.54, 1.807) is 50.4 Å². The summed E-state index contributed by atoms with van der Waals surface area (Å²) < 4.78 is 16.6. The number of nitrogens with zero attached hydrogens (tertiary/aromatic N) is 1. The zero-order valence-electron chi connectivity index (χ0n) is 18.1. The number of benzene rings is 3. The molecule has 7 heteroatoms. The van der Waals surface area contributed by atoms with Gasteiger partial charge in [-0.15, -0.1) is 0 Å². The van der Waals surface area contributed by atoms with E-state index >= 15 is 0 Å². The second kappa shape index (κ2) is 9.01. The molecule has 2 amide bonds. The van der Waals surface area contributed by atoms with Crippen LogP contribution in [-0.2, 0) is 11.4 Å². The van der Waals surface area contributed by atoms with Crippen LogP contribution in [0, 0.1) is 0 Å². The van der Waals surface area contributed by atoms with Gasteiger partial charge in [-0.05, 0) is 42.8 Å².